The molecule has 0 unspecified atom stereocenters. The molecule has 0 spiro atoms. The zero-order chi connectivity index (χ0) is 21.1. The van der Waals surface area contributed by atoms with Gasteiger partial charge < -0.3 is 4.74 Å². The van der Waals surface area contributed by atoms with Crippen molar-refractivity contribution in [3.8, 4) is 26.9 Å². The lowest BCUT2D eigenvalue weighted by atomic mass is 10.2. The van der Waals surface area contributed by atoms with Gasteiger partial charge in [0.15, 0.2) is 0 Å². The van der Waals surface area contributed by atoms with Crippen LogP contribution in [0.3, 0.4) is 0 Å². The molecule has 152 valence electrons. The topological polar surface area (TPSA) is 47.9 Å². The summed E-state index contributed by atoms with van der Waals surface area (Å²) in [7, 11) is 1.67. The van der Waals surface area contributed by atoms with Gasteiger partial charge in [-0.1, -0.05) is 53.2 Å². The minimum atomic E-state index is 0.630. The van der Waals surface area contributed by atoms with Crippen molar-refractivity contribution < 1.29 is 4.74 Å². The van der Waals surface area contributed by atoms with Gasteiger partial charge in [-0.25, -0.2) is 4.98 Å². The summed E-state index contributed by atoms with van der Waals surface area (Å²) in [5.74, 6) is 1.50. The molecule has 0 aliphatic heterocycles. The van der Waals surface area contributed by atoms with Gasteiger partial charge in [-0.3, -0.25) is 0 Å². The third-order valence-electron chi connectivity index (χ3n) is 4.40. The second kappa shape index (κ2) is 9.35. The highest BCUT2D eigenvalue weighted by Crippen LogP contribution is 2.38. The number of para-hydroxylation sites is 1. The maximum atomic E-state index is 6.24. The number of thiazole rings is 1. The molecule has 0 aliphatic carbocycles. The molecule has 8 heteroatoms. The Balaban J connectivity index is 1.52. The van der Waals surface area contributed by atoms with E-state index in [0.29, 0.717) is 15.8 Å². The molecule has 30 heavy (non-hydrogen) atoms. The number of hydrogen-bond acceptors (Lipinski definition) is 6. The van der Waals surface area contributed by atoms with Crippen molar-refractivity contribution >= 4 is 46.3 Å². The molecular weight excluding hydrogens is 457 g/mol. The number of thioether (sulfide) groups is 1. The summed E-state index contributed by atoms with van der Waals surface area (Å²) in [4.78, 5) is 5.72. The van der Waals surface area contributed by atoms with Crippen LogP contribution < -0.4 is 4.74 Å². The zero-order valence-corrected chi connectivity index (χ0v) is 19.4. The normalized spacial score (nSPS) is 10.9. The first kappa shape index (κ1) is 21.1. The molecule has 0 aliphatic rings. The van der Waals surface area contributed by atoms with E-state index in [1.54, 1.807) is 36.3 Å². The van der Waals surface area contributed by atoms with Gasteiger partial charge in [-0.2, -0.15) is 0 Å². The fourth-order valence-electron chi connectivity index (χ4n) is 2.88. The minimum Gasteiger partial charge on any atom is -0.496 e. The average molecular weight is 474 g/mol. The Morgan fingerprint density at radius 2 is 1.87 bits per heavy atom. The Morgan fingerprint density at radius 3 is 2.60 bits per heavy atom. The Hall–Kier alpha value is -2.12. The van der Waals surface area contributed by atoms with E-state index in [9.17, 15) is 0 Å². The third kappa shape index (κ3) is 4.62. The van der Waals surface area contributed by atoms with Crippen LogP contribution >= 0.6 is 46.3 Å². The van der Waals surface area contributed by atoms with Crippen LogP contribution in [0.15, 0.2) is 59.6 Å². The van der Waals surface area contributed by atoms with Crippen LogP contribution in [-0.2, 0) is 5.75 Å². The molecule has 0 atom stereocenters. The predicted molar refractivity (Wildman–Crippen MR) is 126 cm³/mol. The van der Waals surface area contributed by atoms with E-state index in [2.05, 4.69) is 10.2 Å². The van der Waals surface area contributed by atoms with Crippen molar-refractivity contribution in [2.24, 2.45) is 0 Å². The second-order valence-corrected chi connectivity index (χ2v) is 9.25. The standard InChI is InChI=1S/C22H17Cl2N3OS2/c1-13-21(30-22(25-13)16-5-3-4-6-19(16)28-2)18-9-10-20(27-26-18)29-12-14-7-8-15(23)11-17(14)24/h3-11H,12H2,1-2H3. The fraction of sp³-hybridized carbons (Fsp3) is 0.136. The van der Waals surface area contributed by atoms with E-state index in [1.165, 1.54) is 0 Å². The predicted octanol–water partition coefficient (Wildman–Crippen LogP) is 7.18. The van der Waals surface area contributed by atoms with Gasteiger partial charge >= 0.3 is 0 Å². The van der Waals surface area contributed by atoms with E-state index < -0.39 is 0 Å². The number of rotatable bonds is 6. The summed E-state index contributed by atoms with van der Waals surface area (Å²) < 4.78 is 5.47. The van der Waals surface area contributed by atoms with Crippen molar-refractivity contribution in [2.75, 3.05) is 7.11 Å². The molecule has 2 aromatic carbocycles. The zero-order valence-electron chi connectivity index (χ0n) is 16.2. The average Bonchev–Trinajstić information content (AvgIpc) is 3.15. The van der Waals surface area contributed by atoms with Gasteiger partial charge in [-0.15, -0.1) is 21.5 Å². The first-order valence-electron chi connectivity index (χ1n) is 9.07. The van der Waals surface area contributed by atoms with Gasteiger partial charge in [0.05, 0.1) is 23.2 Å². The molecule has 2 heterocycles. The molecule has 2 aromatic heterocycles. The highest BCUT2D eigenvalue weighted by Gasteiger charge is 2.15. The Kier molecular flexibility index (Phi) is 6.58. The quantitative estimate of drug-likeness (QED) is 0.277. The number of aryl methyl sites for hydroxylation is 1. The van der Waals surface area contributed by atoms with Crippen molar-refractivity contribution in [1.82, 2.24) is 15.2 Å². The molecule has 0 saturated heterocycles. The second-order valence-electron chi connectivity index (χ2n) is 6.42. The summed E-state index contributed by atoms with van der Waals surface area (Å²) in [5, 5.41) is 11.8. The van der Waals surface area contributed by atoms with Gasteiger partial charge in [-0.05, 0) is 48.9 Å². The first-order chi connectivity index (χ1) is 14.5. The molecule has 0 saturated carbocycles. The van der Waals surface area contributed by atoms with Crippen LogP contribution in [0, 0.1) is 6.92 Å². The van der Waals surface area contributed by atoms with Gasteiger partial charge in [0, 0.05) is 15.8 Å². The van der Waals surface area contributed by atoms with Crippen molar-refractivity contribution in [1.29, 1.82) is 0 Å². The van der Waals surface area contributed by atoms with Gasteiger partial charge in [0.25, 0.3) is 0 Å². The van der Waals surface area contributed by atoms with Crippen LogP contribution in [0.5, 0.6) is 5.75 Å². The molecule has 4 rings (SSSR count). The monoisotopic (exact) mass is 473 g/mol. The SMILES string of the molecule is COc1ccccc1-c1nc(C)c(-c2ccc(SCc3ccc(Cl)cc3Cl)nn2)s1. The maximum Gasteiger partial charge on any atom is 0.129 e. The smallest absolute Gasteiger partial charge is 0.129 e. The molecule has 0 radical (unpaired) electrons. The van der Waals surface area contributed by atoms with Crippen LogP contribution in [0.4, 0.5) is 0 Å². The molecule has 4 aromatic rings. The molecule has 4 nitrogen and oxygen atoms in total. The third-order valence-corrected chi connectivity index (χ3v) is 7.17. The number of nitrogens with zero attached hydrogens (tertiary/aromatic N) is 3. The summed E-state index contributed by atoms with van der Waals surface area (Å²) in [6.45, 7) is 1.98. The lowest BCUT2D eigenvalue weighted by Gasteiger charge is -2.05. The maximum absolute atomic E-state index is 6.24. The number of ether oxygens (including phenoxy) is 1. The lowest BCUT2D eigenvalue weighted by Crippen LogP contribution is -1.90. The lowest BCUT2D eigenvalue weighted by molar-refractivity contribution is 0.416. The van der Waals surface area contributed by atoms with E-state index >= 15 is 0 Å². The van der Waals surface area contributed by atoms with E-state index in [-0.39, 0.29) is 0 Å². The number of methoxy groups -OCH3 is 1. The Labute approximate surface area is 193 Å². The molecule has 0 N–H and O–H groups in total. The van der Waals surface area contributed by atoms with Crippen molar-refractivity contribution in [3.63, 3.8) is 0 Å². The van der Waals surface area contributed by atoms with Crippen LogP contribution in [-0.4, -0.2) is 22.3 Å². The Bertz CT molecular complexity index is 1180. The summed E-state index contributed by atoms with van der Waals surface area (Å²) in [6, 6.07) is 17.3. The fourth-order valence-corrected chi connectivity index (χ4v) is 5.31. The molecule has 0 amide bonds. The van der Waals surface area contributed by atoms with Gasteiger partial charge in [0.1, 0.15) is 21.5 Å². The Morgan fingerprint density at radius 1 is 1.03 bits per heavy atom. The summed E-state index contributed by atoms with van der Waals surface area (Å²) in [6.07, 6.45) is 0. The van der Waals surface area contributed by atoms with Gasteiger partial charge in [0.2, 0.25) is 0 Å². The number of aromatic nitrogens is 3. The van der Waals surface area contributed by atoms with Crippen molar-refractivity contribution in [2.45, 2.75) is 17.7 Å². The number of hydrogen-bond donors (Lipinski definition) is 0. The highest BCUT2D eigenvalue weighted by atomic mass is 35.5. The number of benzene rings is 2. The first-order valence-corrected chi connectivity index (χ1v) is 11.6. The van der Waals surface area contributed by atoms with E-state index in [0.717, 1.165) is 43.2 Å². The van der Waals surface area contributed by atoms with Crippen LogP contribution in [0.2, 0.25) is 10.0 Å². The number of halogens is 2. The summed E-state index contributed by atoms with van der Waals surface area (Å²) in [5.41, 5.74) is 3.71. The molecular formula is C22H17Cl2N3OS2. The molecule has 0 bridgehead atoms. The minimum absolute atomic E-state index is 0.630. The molecule has 0 fully saturated rings. The summed E-state index contributed by atoms with van der Waals surface area (Å²) >= 11 is 15.4. The largest absolute Gasteiger partial charge is 0.496 e. The van der Waals surface area contributed by atoms with E-state index in [1.807, 2.05) is 55.5 Å². The van der Waals surface area contributed by atoms with E-state index in [4.69, 9.17) is 32.9 Å². The highest BCUT2D eigenvalue weighted by molar-refractivity contribution is 7.98. The van der Waals surface area contributed by atoms with Crippen molar-refractivity contribution in [3.05, 3.63) is 75.9 Å². The van der Waals surface area contributed by atoms with Crippen LogP contribution in [0.1, 0.15) is 11.3 Å². The van der Waals surface area contributed by atoms with Crippen LogP contribution in [0.25, 0.3) is 21.1 Å².